The number of hydrogen-bond donors (Lipinski definition) is 1. The van der Waals surface area contributed by atoms with Crippen molar-refractivity contribution >= 4 is 32.9 Å². The van der Waals surface area contributed by atoms with Gasteiger partial charge in [-0.2, -0.15) is 4.31 Å². The molecule has 0 radical (unpaired) electrons. The summed E-state index contributed by atoms with van der Waals surface area (Å²) in [4.78, 5) is 25.1. The van der Waals surface area contributed by atoms with Gasteiger partial charge in [-0.3, -0.25) is 4.79 Å². The highest BCUT2D eigenvalue weighted by atomic mass is 32.2. The molecule has 244 valence electrons. The second-order valence-electron chi connectivity index (χ2n) is 11.2. The molecular weight excluding hydrogens is 612 g/mol. The van der Waals surface area contributed by atoms with Crippen LogP contribution in [0.25, 0.3) is 10.9 Å². The number of aliphatic carboxylic acids is 1. The minimum Gasteiger partial charge on any atom is -0.493 e. The first-order valence-corrected chi connectivity index (χ1v) is 16.5. The number of rotatable bonds is 13. The van der Waals surface area contributed by atoms with Crippen LogP contribution in [0.5, 0.6) is 17.2 Å². The number of hydrogen-bond acceptors (Lipinski definition) is 8. The summed E-state index contributed by atoms with van der Waals surface area (Å²) in [5, 5.41) is 9.86. The standard InChI is InChI=1S/C34H38N2O9S/c1-35-18-16-24-21-27(12-13-28(24)35)46(40,41)36-17-5-4-9-29(36)34(39)45-30(25-7-6-8-26(20-25)44-22-33(37)38)14-10-23-11-15-31(42-2)32(19-23)43-3/h6-8,11-13,15-16,18-21,29-30H,4-5,9-10,14,17,22H2,1-3H3,(H,37,38)/t29-,30+/m0/s1. The van der Waals surface area contributed by atoms with Gasteiger partial charge in [0.2, 0.25) is 10.0 Å². The number of piperidine rings is 1. The Morgan fingerprint density at radius 3 is 2.54 bits per heavy atom. The normalized spacial score (nSPS) is 16.1. The maximum atomic E-state index is 13.9. The topological polar surface area (TPSA) is 134 Å². The second-order valence-corrected chi connectivity index (χ2v) is 13.1. The van der Waals surface area contributed by atoms with E-state index in [1.54, 1.807) is 62.8 Å². The summed E-state index contributed by atoms with van der Waals surface area (Å²) in [7, 11) is 0.992. The lowest BCUT2D eigenvalue weighted by atomic mass is 10.00. The van der Waals surface area contributed by atoms with Crippen molar-refractivity contribution in [2.45, 2.75) is 49.1 Å². The van der Waals surface area contributed by atoms with Crippen LogP contribution in [0.2, 0.25) is 0 Å². The van der Waals surface area contributed by atoms with Gasteiger partial charge < -0.3 is 28.6 Å². The molecule has 3 aromatic carbocycles. The first kappa shape index (κ1) is 32.8. The zero-order valence-electron chi connectivity index (χ0n) is 26.0. The van der Waals surface area contributed by atoms with Gasteiger partial charge in [-0.25, -0.2) is 13.2 Å². The van der Waals surface area contributed by atoms with E-state index in [0.29, 0.717) is 54.9 Å². The summed E-state index contributed by atoms with van der Waals surface area (Å²) in [6.07, 6.45) is 3.57. The quantitative estimate of drug-likeness (QED) is 0.196. The van der Waals surface area contributed by atoms with Gasteiger partial charge in [-0.05, 0) is 91.8 Å². The molecule has 0 bridgehead atoms. The van der Waals surface area contributed by atoms with Crippen LogP contribution in [-0.4, -0.2) is 67.7 Å². The predicted octanol–water partition coefficient (Wildman–Crippen LogP) is 5.12. The first-order chi connectivity index (χ1) is 22.1. The minimum atomic E-state index is -4.01. The van der Waals surface area contributed by atoms with Gasteiger partial charge in [0.05, 0.1) is 19.1 Å². The molecule has 12 heteroatoms. The molecule has 0 unspecified atom stereocenters. The van der Waals surface area contributed by atoms with Gasteiger partial charge in [0.25, 0.3) is 0 Å². The zero-order chi connectivity index (χ0) is 32.8. The number of aryl methyl sites for hydroxylation is 2. The number of benzene rings is 3. The molecule has 4 aromatic rings. The summed E-state index contributed by atoms with van der Waals surface area (Å²) < 4.78 is 53.3. The van der Waals surface area contributed by atoms with Crippen molar-refractivity contribution in [3.8, 4) is 17.2 Å². The highest BCUT2D eigenvalue weighted by Crippen LogP contribution is 2.33. The first-order valence-electron chi connectivity index (χ1n) is 15.0. The molecular formula is C34H38N2O9S. The minimum absolute atomic E-state index is 0.124. The van der Waals surface area contributed by atoms with Crippen molar-refractivity contribution in [3.05, 3.63) is 84.1 Å². The summed E-state index contributed by atoms with van der Waals surface area (Å²) in [6.45, 7) is -0.326. The largest absolute Gasteiger partial charge is 0.493 e. The summed E-state index contributed by atoms with van der Waals surface area (Å²) in [5.74, 6) is -0.299. The Morgan fingerprint density at radius 2 is 1.78 bits per heavy atom. The van der Waals surface area contributed by atoms with E-state index in [9.17, 15) is 18.0 Å². The lowest BCUT2D eigenvalue weighted by Gasteiger charge is -2.34. The zero-order valence-corrected chi connectivity index (χ0v) is 26.9. The van der Waals surface area contributed by atoms with E-state index < -0.39 is 40.7 Å². The number of fused-ring (bicyclic) bond motifs is 1. The van der Waals surface area contributed by atoms with Crippen molar-refractivity contribution in [1.29, 1.82) is 0 Å². The number of carbonyl (C=O) groups excluding carboxylic acids is 1. The van der Waals surface area contributed by atoms with Crippen molar-refractivity contribution in [1.82, 2.24) is 8.87 Å². The summed E-state index contributed by atoms with van der Waals surface area (Å²) in [5.41, 5.74) is 2.41. The fraction of sp³-hybridized carbons (Fsp3) is 0.353. The number of carbonyl (C=O) groups is 2. The van der Waals surface area contributed by atoms with Crippen LogP contribution in [-0.2, 0) is 37.8 Å². The van der Waals surface area contributed by atoms with Crippen LogP contribution in [0.3, 0.4) is 0 Å². The Balaban J connectivity index is 1.41. The third-order valence-electron chi connectivity index (χ3n) is 8.18. The number of nitrogens with zero attached hydrogens (tertiary/aromatic N) is 2. The molecule has 11 nitrogen and oxygen atoms in total. The number of methoxy groups -OCH3 is 2. The molecule has 1 saturated heterocycles. The van der Waals surface area contributed by atoms with Crippen molar-refractivity contribution in [2.75, 3.05) is 27.4 Å². The maximum Gasteiger partial charge on any atom is 0.341 e. The van der Waals surface area contributed by atoms with E-state index in [0.717, 1.165) is 16.5 Å². The molecule has 2 atom stereocenters. The van der Waals surface area contributed by atoms with Gasteiger partial charge >= 0.3 is 11.9 Å². The number of carboxylic acid groups (broad SMARTS) is 1. The lowest BCUT2D eigenvalue weighted by Crippen LogP contribution is -2.48. The maximum absolute atomic E-state index is 13.9. The van der Waals surface area contributed by atoms with Crippen LogP contribution in [0, 0.1) is 0 Å². The van der Waals surface area contributed by atoms with Crippen molar-refractivity contribution < 1.29 is 42.1 Å². The average molecular weight is 651 g/mol. The molecule has 5 rings (SSSR count). The van der Waals surface area contributed by atoms with E-state index in [1.807, 2.05) is 36.0 Å². The Hall–Kier alpha value is -4.55. The van der Waals surface area contributed by atoms with Crippen LogP contribution >= 0.6 is 0 Å². The van der Waals surface area contributed by atoms with E-state index in [-0.39, 0.29) is 11.4 Å². The highest BCUT2D eigenvalue weighted by Gasteiger charge is 2.39. The molecule has 1 aromatic heterocycles. The Bertz CT molecular complexity index is 1820. The van der Waals surface area contributed by atoms with Crippen molar-refractivity contribution in [3.63, 3.8) is 0 Å². The predicted molar refractivity (Wildman–Crippen MR) is 171 cm³/mol. The number of sulfonamides is 1. The van der Waals surface area contributed by atoms with E-state index in [4.69, 9.17) is 24.1 Å². The average Bonchev–Trinajstić information content (AvgIpc) is 3.45. The third-order valence-corrected chi connectivity index (χ3v) is 10.1. The monoisotopic (exact) mass is 650 g/mol. The Kier molecular flexibility index (Phi) is 10.2. The number of ether oxygens (including phenoxy) is 4. The fourth-order valence-corrected chi connectivity index (χ4v) is 7.46. The van der Waals surface area contributed by atoms with Gasteiger partial charge in [0.15, 0.2) is 18.1 Å². The Morgan fingerprint density at radius 1 is 0.978 bits per heavy atom. The molecule has 0 aliphatic carbocycles. The molecule has 1 N–H and O–H groups in total. The van der Waals surface area contributed by atoms with Gasteiger partial charge in [-0.15, -0.1) is 0 Å². The molecule has 0 amide bonds. The molecule has 2 heterocycles. The molecule has 1 aliphatic heterocycles. The van der Waals surface area contributed by atoms with E-state index in [2.05, 4.69) is 0 Å². The SMILES string of the molecule is COc1ccc(CC[C@@H](OC(=O)[C@@H]2CCCCN2S(=O)(=O)c2ccc3c(ccn3C)c2)c2cccc(OCC(=O)O)c2)cc1OC. The molecule has 46 heavy (non-hydrogen) atoms. The van der Waals surface area contributed by atoms with Gasteiger partial charge in [0.1, 0.15) is 17.9 Å². The molecule has 1 aliphatic rings. The van der Waals surface area contributed by atoms with Crippen LogP contribution in [0.1, 0.15) is 42.9 Å². The van der Waals surface area contributed by atoms with Crippen molar-refractivity contribution in [2.24, 2.45) is 7.05 Å². The fourth-order valence-electron chi connectivity index (χ4n) is 5.78. The van der Waals surface area contributed by atoms with Crippen LogP contribution in [0.4, 0.5) is 0 Å². The Labute approximate surface area is 268 Å². The number of aromatic nitrogens is 1. The smallest absolute Gasteiger partial charge is 0.341 e. The summed E-state index contributed by atoms with van der Waals surface area (Å²) in [6, 6.07) is 18.1. The summed E-state index contributed by atoms with van der Waals surface area (Å²) >= 11 is 0. The van der Waals surface area contributed by atoms with Gasteiger partial charge in [-0.1, -0.05) is 18.2 Å². The number of esters is 1. The van der Waals surface area contributed by atoms with E-state index in [1.165, 1.54) is 4.31 Å². The lowest BCUT2D eigenvalue weighted by molar-refractivity contribution is -0.155. The van der Waals surface area contributed by atoms with E-state index >= 15 is 0 Å². The molecule has 1 fully saturated rings. The third kappa shape index (κ3) is 7.29. The second kappa shape index (κ2) is 14.3. The van der Waals surface area contributed by atoms with Crippen LogP contribution in [0.15, 0.2) is 77.8 Å². The molecule has 0 spiro atoms. The number of carboxylic acids is 1. The highest BCUT2D eigenvalue weighted by molar-refractivity contribution is 7.89. The van der Waals surface area contributed by atoms with Gasteiger partial charge in [0, 0.05) is 30.7 Å². The van der Waals surface area contributed by atoms with Crippen LogP contribution < -0.4 is 14.2 Å². The molecule has 0 saturated carbocycles.